The predicted octanol–water partition coefficient (Wildman–Crippen LogP) is 7.67. The van der Waals surface area contributed by atoms with E-state index in [1.807, 2.05) is 6.08 Å². The second kappa shape index (κ2) is 8.85. The highest BCUT2D eigenvalue weighted by molar-refractivity contribution is 5.61. The van der Waals surface area contributed by atoms with Gasteiger partial charge in [0.1, 0.15) is 0 Å². The molecule has 0 aliphatic heterocycles. The zero-order valence-electron chi connectivity index (χ0n) is 16.9. The lowest BCUT2D eigenvalue weighted by atomic mass is 9.66. The molecule has 1 rings (SSSR count). The van der Waals surface area contributed by atoms with Gasteiger partial charge in [0.25, 0.3) is 0 Å². The second-order valence-corrected chi connectivity index (χ2v) is 7.10. The minimum Gasteiger partial charge on any atom is -0.0991 e. The highest BCUT2D eigenvalue weighted by atomic mass is 14.5. The normalized spacial score (nSPS) is 24.9. The molecule has 0 spiro atoms. The van der Waals surface area contributed by atoms with Gasteiger partial charge < -0.3 is 0 Å². The Kier molecular flexibility index (Phi) is 7.42. The van der Waals surface area contributed by atoms with Crippen molar-refractivity contribution in [1.82, 2.24) is 0 Å². The maximum atomic E-state index is 4.20. The maximum Gasteiger partial charge on any atom is 0.0458 e. The third kappa shape index (κ3) is 3.79. The van der Waals surface area contributed by atoms with Crippen LogP contribution in [0.15, 0.2) is 96.2 Å². The average Bonchev–Trinajstić information content (AvgIpc) is 2.80. The Morgan fingerprint density at radius 1 is 0.880 bits per heavy atom. The molecule has 0 nitrogen and oxygen atoms in total. The lowest BCUT2D eigenvalue weighted by Gasteiger charge is -2.37. The van der Waals surface area contributed by atoms with Crippen LogP contribution in [0.2, 0.25) is 0 Å². The van der Waals surface area contributed by atoms with Crippen LogP contribution < -0.4 is 0 Å². The highest BCUT2D eigenvalue weighted by Gasteiger charge is 2.50. The van der Waals surface area contributed by atoms with Gasteiger partial charge in [0.15, 0.2) is 0 Å². The Morgan fingerprint density at radius 2 is 1.48 bits per heavy atom. The van der Waals surface area contributed by atoms with Gasteiger partial charge in [0.2, 0.25) is 0 Å². The molecule has 0 bridgehead atoms. The van der Waals surface area contributed by atoms with Crippen LogP contribution in [0.5, 0.6) is 0 Å². The first kappa shape index (κ1) is 21.0. The minimum absolute atomic E-state index is 0.0632. The number of rotatable bonds is 7. The van der Waals surface area contributed by atoms with E-state index < -0.39 is 0 Å². The lowest BCUT2D eigenvalue weighted by molar-refractivity contribution is 0.361. The van der Waals surface area contributed by atoms with Gasteiger partial charge in [-0.25, -0.2) is 0 Å². The first-order valence-corrected chi connectivity index (χ1v) is 9.15. The Morgan fingerprint density at radius 3 is 1.92 bits per heavy atom. The van der Waals surface area contributed by atoms with Crippen LogP contribution in [0, 0.1) is 10.8 Å². The molecule has 1 unspecified atom stereocenters. The summed E-state index contributed by atoms with van der Waals surface area (Å²) in [5.74, 6) is 0. The molecule has 0 aromatic carbocycles. The molecule has 0 aromatic rings. The van der Waals surface area contributed by atoms with E-state index in [-0.39, 0.29) is 10.8 Å². The molecule has 0 fully saturated rings. The molecular formula is C25H34. The number of hydrogen-bond donors (Lipinski definition) is 0. The molecule has 25 heavy (non-hydrogen) atoms. The minimum atomic E-state index is -0.206. The number of hydrogen-bond acceptors (Lipinski definition) is 0. The summed E-state index contributed by atoms with van der Waals surface area (Å²) in [7, 11) is 0. The molecule has 0 amide bonds. The van der Waals surface area contributed by atoms with E-state index in [0.29, 0.717) is 0 Å². The summed E-state index contributed by atoms with van der Waals surface area (Å²) in [4.78, 5) is 0. The Bertz CT molecular complexity index is 684. The summed E-state index contributed by atoms with van der Waals surface area (Å²) < 4.78 is 0. The summed E-state index contributed by atoms with van der Waals surface area (Å²) in [5, 5.41) is 0. The topological polar surface area (TPSA) is 0 Å². The van der Waals surface area contributed by atoms with Crippen LogP contribution in [0.1, 0.15) is 48.0 Å². The van der Waals surface area contributed by atoms with Crippen LogP contribution >= 0.6 is 0 Å². The van der Waals surface area contributed by atoms with Crippen LogP contribution in [0.25, 0.3) is 0 Å². The molecule has 0 N–H and O–H groups in total. The molecule has 134 valence electrons. The first-order chi connectivity index (χ1) is 11.9. The third-order valence-electron chi connectivity index (χ3n) is 5.01. The standard InChI is InChI=1S/C25H34/c1-9-15-20(13-5)25(21(16-10-2)17-11-3)19-24(7,8)23(18-12-4)22(25)14-6/h9-18H,2,6,19H2,1,3-5,7-8H3/b15-9-,17-11-,18-12-,20-13+,21-16+. The molecule has 1 atom stereocenters. The fraction of sp³-hybridized carbons (Fsp3) is 0.360. The van der Waals surface area contributed by atoms with Crippen molar-refractivity contribution in [1.29, 1.82) is 0 Å². The van der Waals surface area contributed by atoms with Crippen LogP contribution in [-0.2, 0) is 0 Å². The maximum absolute atomic E-state index is 4.20. The molecular weight excluding hydrogens is 300 g/mol. The first-order valence-electron chi connectivity index (χ1n) is 9.15. The smallest absolute Gasteiger partial charge is 0.0458 e. The van der Waals surface area contributed by atoms with Gasteiger partial charge in [-0.2, -0.15) is 0 Å². The molecule has 0 radical (unpaired) electrons. The Hall–Kier alpha value is -2.08. The molecule has 0 heterocycles. The van der Waals surface area contributed by atoms with Crippen molar-refractivity contribution < 1.29 is 0 Å². The average molecular weight is 335 g/mol. The van der Waals surface area contributed by atoms with Crippen molar-refractivity contribution in [3.8, 4) is 0 Å². The van der Waals surface area contributed by atoms with Gasteiger partial charge in [-0.05, 0) is 61.8 Å². The van der Waals surface area contributed by atoms with E-state index in [1.165, 1.54) is 22.3 Å². The molecule has 0 saturated carbocycles. The van der Waals surface area contributed by atoms with E-state index in [2.05, 4.69) is 109 Å². The molecule has 0 saturated heterocycles. The van der Waals surface area contributed by atoms with E-state index in [0.717, 1.165) is 6.42 Å². The SMILES string of the molecule is C=C/C=C(\C=C/C)C1(C(/C=C\C)=C/C)CC(C)(C)C(/C=C\C)=C1C=C. The van der Waals surface area contributed by atoms with Crippen molar-refractivity contribution in [3.05, 3.63) is 96.2 Å². The van der Waals surface area contributed by atoms with Crippen molar-refractivity contribution in [3.63, 3.8) is 0 Å². The monoisotopic (exact) mass is 334 g/mol. The summed E-state index contributed by atoms with van der Waals surface area (Å²) in [6.45, 7) is 21.2. The summed E-state index contributed by atoms with van der Waals surface area (Å²) >= 11 is 0. The van der Waals surface area contributed by atoms with Crippen molar-refractivity contribution in [2.45, 2.75) is 48.0 Å². The van der Waals surface area contributed by atoms with Crippen LogP contribution in [0.4, 0.5) is 0 Å². The van der Waals surface area contributed by atoms with Gasteiger partial charge >= 0.3 is 0 Å². The van der Waals surface area contributed by atoms with Gasteiger partial charge in [0, 0.05) is 5.41 Å². The zero-order chi connectivity index (χ0) is 19.1. The zero-order valence-corrected chi connectivity index (χ0v) is 16.9. The Labute approximate surface area is 155 Å². The summed E-state index contributed by atoms with van der Waals surface area (Å²) in [6, 6.07) is 0. The lowest BCUT2D eigenvalue weighted by Crippen LogP contribution is -2.26. The van der Waals surface area contributed by atoms with Crippen molar-refractivity contribution in [2.24, 2.45) is 10.8 Å². The fourth-order valence-corrected chi connectivity index (χ4v) is 4.21. The van der Waals surface area contributed by atoms with Crippen molar-refractivity contribution >= 4 is 0 Å². The molecule has 1 aliphatic rings. The van der Waals surface area contributed by atoms with Gasteiger partial charge in [-0.15, -0.1) is 0 Å². The van der Waals surface area contributed by atoms with Gasteiger partial charge in [-0.1, -0.05) is 87.8 Å². The largest absolute Gasteiger partial charge is 0.0991 e. The van der Waals surface area contributed by atoms with E-state index in [1.54, 1.807) is 0 Å². The fourth-order valence-electron chi connectivity index (χ4n) is 4.21. The number of allylic oxidation sites excluding steroid dienone is 14. The van der Waals surface area contributed by atoms with Gasteiger partial charge in [-0.3, -0.25) is 0 Å². The van der Waals surface area contributed by atoms with Crippen LogP contribution in [0.3, 0.4) is 0 Å². The quantitative estimate of drug-likeness (QED) is 0.419. The summed E-state index contributed by atoms with van der Waals surface area (Å²) in [5.41, 5.74) is 5.10. The molecule has 0 aromatic heterocycles. The predicted molar refractivity (Wildman–Crippen MR) is 115 cm³/mol. The Balaban J connectivity index is 4.01. The van der Waals surface area contributed by atoms with E-state index in [4.69, 9.17) is 0 Å². The van der Waals surface area contributed by atoms with E-state index in [9.17, 15) is 0 Å². The third-order valence-corrected chi connectivity index (χ3v) is 5.01. The molecule has 0 heteroatoms. The van der Waals surface area contributed by atoms with Crippen LogP contribution in [-0.4, -0.2) is 0 Å². The highest BCUT2D eigenvalue weighted by Crippen LogP contribution is 2.61. The second-order valence-electron chi connectivity index (χ2n) is 7.10. The van der Waals surface area contributed by atoms with E-state index >= 15 is 0 Å². The van der Waals surface area contributed by atoms with Gasteiger partial charge in [0.05, 0.1) is 0 Å². The molecule has 1 aliphatic carbocycles. The van der Waals surface area contributed by atoms with Crippen molar-refractivity contribution in [2.75, 3.05) is 0 Å². The summed E-state index contributed by atoms with van der Waals surface area (Å²) in [6.07, 6.45) is 22.4.